The minimum absolute atomic E-state index is 0.0661. The molecule has 8 heteroatoms. The van der Waals surface area contributed by atoms with Crippen molar-refractivity contribution in [3.63, 3.8) is 0 Å². The number of aromatic nitrogens is 3. The predicted molar refractivity (Wildman–Crippen MR) is 105 cm³/mol. The molecule has 0 spiro atoms. The van der Waals surface area contributed by atoms with E-state index in [4.69, 9.17) is 0 Å². The Kier molecular flexibility index (Phi) is 5.68. The van der Waals surface area contributed by atoms with Crippen LogP contribution in [0.4, 0.5) is 4.39 Å². The number of nitrogens with one attached hydrogen (secondary N) is 1. The molecule has 1 amide bonds. The first-order valence-corrected chi connectivity index (χ1v) is 10.0. The Hall–Kier alpha value is -2.71. The lowest BCUT2D eigenvalue weighted by atomic mass is 10.0. The van der Waals surface area contributed by atoms with Gasteiger partial charge >= 0.3 is 0 Å². The number of hydrogen-bond donors (Lipinski definition) is 1. The van der Waals surface area contributed by atoms with Crippen LogP contribution in [0.15, 0.2) is 48.1 Å². The molecular formula is C20H20FN5OS. The molecule has 3 aromatic rings. The number of carbonyl (C=O) groups is 1. The van der Waals surface area contributed by atoms with Crippen LogP contribution >= 0.6 is 11.3 Å². The van der Waals surface area contributed by atoms with E-state index in [1.54, 1.807) is 30.6 Å². The molecule has 1 fully saturated rings. The molecule has 144 valence electrons. The summed E-state index contributed by atoms with van der Waals surface area (Å²) >= 11 is 1.44. The first-order chi connectivity index (χ1) is 13.7. The molecular weight excluding hydrogens is 377 g/mol. The summed E-state index contributed by atoms with van der Waals surface area (Å²) in [6.45, 7) is 2.06. The second-order valence-corrected chi connectivity index (χ2v) is 7.57. The molecule has 1 saturated heterocycles. The summed E-state index contributed by atoms with van der Waals surface area (Å²) in [6, 6.07) is 8.44. The molecule has 1 aliphatic rings. The lowest BCUT2D eigenvalue weighted by Gasteiger charge is -2.34. The van der Waals surface area contributed by atoms with Crippen LogP contribution in [0.5, 0.6) is 0 Å². The number of piperazine rings is 1. The average Bonchev–Trinajstić information content (AvgIpc) is 3.19. The van der Waals surface area contributed by atoms with E-state index in [0.717, 1.165) is 29.2 Å². The van der Waals surface area contributed by atoms with Crippen molar-refractivity contribution >= 4 is 17.2 Å². The lowest BCUT2D eigenvalue weighted by molar-refractivity contribution is -0.131. The number of halogens is 1. The van der Waals surface area contributed by atoms with Crippen molar-refractivity contribution in [2.75, 3.05) is 19.6 Å². The van der Waals surface area contributed by atoms with Crippen LogP contribution in [-0.4, -0.2) is 51.4 Å². The highest BCUT2D eigenvalue weighted by molar-refractivity contribution is 7.13. The molecule has 1 atom stereocenters. The topological polar surface area (TPSA) is 71.0 Å². The number of benzene rings is 1. The quantitative estimate of drug-likeness (QED) is 0.716. The summed E-state index contributed by atoms with van der Waals surface area (Å²) in [6.07, 6.45) is 4.38. The second-order valence-electron chi connectivity index (χ2n) is 6.71. The SMILES string of the molecule is O=C(Cc1csc(-c2ncccn2)n1)N1CCNC(Cc2ccc(F)cc2)C1. The van der Waals surface area contributed by atoms with Gasteiger partial charge in [0.2, 0.25) is 5.91 Å². The Bertz CT molecular complexity index is 931. The van der Waals surface area contributed by atoms with Crippen molar-refractivity contribution in [1.82, 2.24) is 25.2 Å². The molecule has 3 heterocycles. The maximum absolute atomic E-state index is 13.1. The second kappa shape index (κ2) is 8.53. The fourth-order valence-corrected chi connectivity index (χ4v) is 4.03. The zero-order valence-corrected chi connectivity index (χ0v) is 16.0. The van der Waals surface area contributed by atoms with Crippen LogP contribution in [0, 0.1) is 5.82 Å². The summed E-state index contributed by atoms with van der Waals surface area (Å²) < 4.78 is 13.1. The van der Waals surface area contributed by atoms with Gasteiger partial charge in [-0.15, -0.1) is 11.3 Å². The molecule has 1 aromatic carbocycles. The number of nitrogens with zero attached hydrogens (tertiary/aromatic N) is 4. The van der Waals surface area contributed by atoms with Crippen molar-refractivity contribution in [1.29, 1.82) is 0 Å². The number of hydrogen-bond acceptors (Lipinski definition) is 6. The minimum atomic E-state index is -0.235. The summed E-state index contributed by atoms with van der Waals surface area (Å²) in [5.74, 6) is 0.407. The van der Waals surface area contributed by atoms with Gasteiger partial charge in [0.15, 0.2) is 10.8 Å². The summed E-state index contributed by atoms with van der Waals surface area (Å²) in [5.41, 5.74) is 1.80. The summed E-state index contributed by atoms with van der Waals surface area (Å²) in [5, 5.41) is 6.05. The molecule has 0 bridgehead atoms. The molecule has 0 radical (unpaired) electrons. The van der Waals surface area contributed by atoms with Crippen LogP contribution < -0.4 is 5.32 Å². The van der Waals surface area contributed by atoms with Gasteiger partial charge < -0.3 is 10.2 Å². The maximum Gasteiger partial charge on any atom is 0.228 e. The van der Waals surface area contributed by atoms with Crippen LogP contribution in [0.3, 0.4) is 0 Å². The average molecular weight is 397 g/mol. The van der Waals surface area contributed by atoms with Gasteiger partial charge in [-0.3, -0.25) is 4.79 Å². The zero-order valence-electron chi connectivity index (χ0n) is 15.2. The molecule has 2 aromatic heterocycles. The van der Waals surface area contributed by atoms with Gasteiger partial charge in [0.25, 0.3) is 0 Å². The van der Waals surface area contributed by atoms with E-state index in [-0.39, 0.29) is 24.2 Å². The van der Waals surface area contributed by atoms with Crippen molar-refractivity contribution < 1.29 is 9.18 Å². The minimum Gasteiger partial charge on any atom is -0.340 e. The normalized spacial score (nSPS) is 16.9. The molecule has 1 unspecified atom stereocenters. The number of amides is 1. The van der Waals surface area contributed by atoms with Crippen LogP contribution in [-0.2, 0) is 17.6 Å². The van der Waals surface area contributed by atoms with Gasteiger partial charge in [0.05, 0.1) is 12.1 Å². The zero-order chi connectivity index (χ0) is 19.3. The first kappa shape index (κ1) is 18.6. The van der Waals surface area contributed by atoms with Gasteiger partial charge in [-0.05, 0) is 30.2 Å². The van der Waals surface area contributed by atoms with E-state index in [0.29, 0.717) is 18.9 Å². The molecule has 0 aliphatic carbocycles. The highest BCUT2D eigenvalue weighted by Gasteiger charge is 2.24. The van der Waals surface area contributed by atoms with E-state index in [1.807, 2.05) is 10.3 Å². The monoisotopic (exact) mass is 397 g/mol. The van der Waals surface area contributed by atoms with E-state index < -0.39 is 0 Å². The largest absolute Gasteiger partial charge is 0.340 e. The van der Waals surface area contributed by atoms with Gasteiger partial charge in [-0.25, -0.2) is 19.3 Å². The number of carbonyl (C=O) groups excluding carboxylic acids is 1. The predicted octanol–water partition coefficient (Wildman–Crippen LogP) is 2.32. The van der Waals surface area contributed by atoms with Crippen molar-refractivity contribution in [2.45, 2.75) is 18.9 Å². The Morgan fingerprint density at radius 3 is 2.82 bits per heavy atom. The molecule has 4 rings (SSSR count). The van der Waals surface area contributed by atoms with Crippen LogP contribution in [0.2, 0.25) is 0 Å². The van der Waals surface area contributed by atoms with Gasteiger partial charge in [-0.1, -0.05) is 12.1 Å². The van der Waals surface area contributed by atoms with Crippen LogP contribution in [0.25, 0.3) is 10.8 Å². The molecule has 6 nitrogen and oxygen atoms in total. The molecule has 28 heavy (non-hydrogen) atoms. The standard InChI is InChI=1S/C20H20FN5OS/c21-15-4-2-14(3-5-15)10-16-12-26(9-8-22-16)18(27)11-17-13-28-20(25-17)19-23-6-1-7-24-19/h1-7,13,16,22H,8-12H2. The third-order valence-corrected chi connectivity index (χ3v) is 5.53. The Morgan fingerprint density at radius 2 is 2.04 bits per heavy atom. The molecule has 1 aliphatic heterocycles. The molecule has 1 N–H and O–H groups in total. The van der Waals surface area contributed by atoms with E-state index in [1.165, 1.54) is 23.5 Å². The van der Waals surface area contributed by atoms with Gasteiger partial charge in [-0.2, -0.15) is 0 Å². The van der Waals surface area contributed by atoms with E-state index in [2.05, 4.69) is 20.3 Å². The van der Waals surface area contributed by atoms with Crippen molar-refractivity contribution in [2.24, 2.45) is 0 Å². The van der Waals surface area contributed by atoms with Gasteiger partial charge in [0, 0.05) is 43.4 Å². The Labute approximate surface area is 166 Å². The fourth-order valence-electron chi connectivity index (χ4n) is 3.26. The summed E-state index contributed by atoms with van der Waals surface area (Å²) in [4.78, 5) is 27.5. The lowest BCUT2D eigenvalue weighted by Crippen LogP contribution is -2.53. The third-order valence-electron chi connectivity index (χ3n) is 4.64. The number of thiazole rings is 1. The maximum atomic E-state index is 13.1. The third kappa shape index (κ3) is 4.58. The number of rotatable bonds is 5. The van der Waals surface area contributed by atoms with Crippen molar-refractivity contribution in [3.8, 4) is 10.8 Å². The Balaban J connectivity index is 1.35. The smallest absolute Gasteiger partial charge is 0.228 e. The summed E-state index contributed by atoms with van der Waals surface area (Å²) in [7, 11) is 0. The van der Waals surface area contributed by atoms with Gasteiger partial charge in [0.1, 0.15) is 5.82 Å². The van der Waals surface area contributed by atoms with E-state index >= 15 is 0 Å². The van der Waals surface area contributed by atoms with E-state index in [9.17, 15) is 9.18 Å². The highest BCUT2D eigenvalue weighted by atomic mass is 32.1. The first-order valence-electron chi connectivity index (χ1n) is 9.15. The fraction of sp³-hybridized carbons (Fsp3) is 0.300. The van der Waals surface area contributed by atoms with Crippen molar-refractivity contribution in [3.05, 3.63) is 65.2 Å². The highest BCUT2D eigenvalue weighted by Crippen LogP contribution is 2.20. The molecule has 0 saturated carbocycles. The Morgan fingerprint density at radius 1 is 1.25 bits per heavy atom. The van der Waals surface area contributed by atoms with Crippen LogP contribution in [0.1, 0.15) is 11.3 Å².